The average Bonchev–Trinajstić information content (AvgIpc) is 3.54. The van der Waals surface area contributed by atoms with E-state index in [1.165, 1.54) is 0 Å². The van der Waals surface area contributed by atoms with Crippen LogP contribution in [0.3, 0.4) is 0 Å². The second kappa shape index (κ2) is 9.19. The molecular formula is C19H30N2O5S. The van der Waals surface area contributed by atoms with E-state index in [-0.39, 0.29) is 28.9 Å². The molecule has 3 aliphatic rings. The summed E-state index contributed by atoms with van der Waals surface area (Å²) in [4.78, 5) is 25.7. The number of nitrogens with zero attached hydrogens (tertiary/aromatic N) is 1. The van der Waals surface area contributed by atoms with Crippen LogP contribution in [0.4, 0.5) is 0 Å². The van der Waals surface area contributed by atoms with Crippen LogP contribution in [0, 0.1) is 11.8 Å². The first-order valence-corrected chi connectivity index (χ1v) is 11.6. The maximum Gasteiger partial charge on any atom is 0.237 e. The van der Waals surface area contributed by atoms with Crippen LogP contribution in [-0.2, 0) is 24.3 Å². The molecule has 0 bridgehead atoms. The van der Waals surface area contributed by atoms with Crippen LogP contribution in [0.5, 0.6) is 0 Å². The second-order valence-corrected chi connectivity index (χ2v) is 9.70. The van der Waals surface area contributed by atoms with Crippen LogP contribution in [-0.4, -0.2) is 56.7 Å². The van der Waals surface area contributed by atoms with Gasteiger partial charge in [0, 0.05) is 25.6 Å². The molecule has 0 radical (unpaired) electrons. The molecule has 7 nitrogen and oxygen atoms in total. The van der Waals surface area contributed by atoms with Gasteiger partial charge in [-0.15, -0.1) is 0 Å². The summed E-state index contributed by atoms with van der Waals surface area (Å²) in [5, 5.41) is -0.361. The molecule has 0 aromatic carbocycles. The summed E-state index contributed by atoms with van der Waals surface area (Å²) in [5.41, 5.74) is 0. The Labute approximate surface area is 161 Å². The fraction of sp³-hybridized carbons (Fsp3) is 0.789. The smallest absolute Gasteiger partial charge is 0.237 e. The lowest BCUT2D eigenvalue weighted by Crippen LogP contribution is -2.34. The predicted molar refractivity (Wildman–Crippen MR) is 101 cm³/mol. The van der Waals surface area contributed by atoms with Crippen molar-refractivity contribution in [1.82, 2.24) is 9.62 Å². The summed E-state index contributed by atoms with van der Waals surface area (Å²) < 4.78 is 31.2. The normalized spacial score (nSPS) is 25.1. The summed E-state index contributed by atoms with van der Waals surface area (Å²) >= 11 is 0. The number of rotatable bonds is 11. The van der Waals surface area contributed by atoms with E-state index >= 15 is 0 Å². The zero-order chi connectivity index (χ0) is 19.3. The highest BCUT2D eigenvalue weighted by atomic mass is 32.2. The van der Waals surface area contributed by atoms with Gasteiger partial charge in [0.25, 0.3) is 0 Å². The first-order chi connectivity index (χ1) is 13.0. The number of allylic oxidation sites excluding steroid dienone is 2. The van der Waals surface area contributed by atoms with E-state index in [0.29, 0.717) is 32.5 Å². The van der Waals surface area contributed by atoms with Crippen LogP contribution in [0.15, 0.2) is 12.2 Å². The Balaban J connectivity index is 1.19. The largest absolute Gasteiger partial charge is 0.381 e. The zero-order valence-electron chi connectivity index (χ0n) is 15.8. The summed E-state index contributed by atoms with van der Waals surface area (Å²) in [5.74, 6) is -0.224. The SMILES string of the molecule is O=C(NS(=O)(=O)C1CC1)[C@H]1C[C@H]1/C=C\CCCOCCC(=O)N1CCCC1. The lowest BCUT2D eigenvalue weighted by atomic mass is 10.2. The van der Waals surface area contributed by atoms with E-state index in [4.69, 9.17) is 4.74 Å². The minimum absolute atomic E-state index is 0.151. The van der Waals surface area contributed by atoms with Gasteiger partial charge in [-0.05, 0) is 50.9 Å². The quantitative estimate of drug-likeness (QED) is 0.421. The molecule has 0 spiro atoms. The Morgan fingerprint density at radius 1 is 1.15 bits per heavy atom. The molecule has 0 aromatic rings. The lowest BCUT2D eigenvalue weighted by Gasteiger charge is -2.14. The lowest BCUT2D eigenvalue weighted by molar-refractivity contribution is -0.131. The second-order valence-electron chi connectivity index (χ2n) is 7.74. The third-order valence-corrected chi connectivity index (χ3v) is 7.18. The molecule has 2 saturated carbocycles. The summed E-state index contributed by atoms with van der Waals surface area (Å²) in [6, 6.07) is 0. The molecule has 152 valence electrons. The van der Waals surface area contributed by atoms with Crippen molar-refractivity contribution in [1.29, 1.82) is 0 Å². The number of unbranched alkanes of at least 4 members (excludes halogenated alkanes) is 1. The molecule has 8 heteroatoms. The van der Waals surface area contributed by atoms with Crippen molar-refractivity contribution >= 4 is 21.8 Å². The molecule has 1 aliphatic heterocycles. The number of carbonyl (C=O) groups excluding carboxylic acids is 2. The maximum atomic E-state index is 11.9. The number of hydrogen-bond acceptors (Lipinski definition) is 5. The fourth-order valence-electron chi connectivity index (χ4n) is 3.37. The summed E-state index contributed by atoms with van der Waals surface area (Å²) in [7, 11) is -3.43. The van der Waals surface area contributed by atoms with E-state index in [1.807, 2.05) is 17.1 Å². The van der Waals surface area contributed by atoms with Crippen LogP contribution in [0.2, 0.25) is 0 Å². The topological polar surface area (TPSA) is 92.8 Å². The van der Waals surface area contributed by atoms with Crippen molar-refractivity contribution in [2.75, 3.05) is 26.3 Å². The van der Waals surface area contributed by atoms with Crippen molar-refractivity contribution in [3.63, 3.8) is 0 Å². The minimum atomic E-state index is -3.43. The highest BCUT2D eigenvalue weighted by Crippen LogP contribution is 2.40. The highest BCUT2D eigenvalue weighted by Gasteiger charge is 2.44. The molecular weight excluding hydrogens is 368 g/mol. The number of amides is 2. The van der Waals surface area contributed by atoms with Gasteiger partial charge in [0.1, 0.15) is 0 Å². The molecule has 3 rings (SSSR count). The van der Waals surface area contributed by atoms with Gasteiger partial charge >= 0.3 is 0 Å². The third-order valence-electron chi connectivity index (χ3n) is 5.34. The number of ether oxygens (including phenoxy) is 1. The monoisotopic (exact) mass is 398 g/mol. The molecule has 1 N–H and O–H groups in total. The van der Waals surface area contributed by atoms with E-state index in [0.717, 1.165) is 45.2 Å². The van der Waals surface area contributed by atoms with E-state index in [1.54, 1.807) is 0 Å². The van der Waals surface area contributed by atoms with Crippen LogP contribution in [0.25, 0.3) is 0 Å². The van der Waals surface area contributed by atoms with Gasteiger partial charge in [-0.3, -0.25) is 14.3 Å². The Morgan fingerprint density at radius 2 is 1.89 bits per heavy atom. The van der Waals surface area contributed by atoms with E-state index in [9.17, 15) is 18.0 Å². The fourth-order valence-corrected chi connectivity index (χ4v) is 4.72. The summed E-state index contributed by atoms with van der Waals surface area (Å²) in [6.45, 7) is 2.86. The molecule has 0 unspecified atom stereocenters. The van der Waals surface area contributed by atoms with Crippen LogP contribution in [0.1, 0.15) is 51.4 Å². The van der Waals surface area contributed by atoms with Gasteiger partial charge in [-0.1, -0.05) is 12.2 Å². The molecule has 0 aromatic heterocycles. The molecule has 2 aliphatic carbocycles. The predicted octanol–water partition coefficient (Wildman–Crippen LogP) is 1.60. The Kier molecular flexibility index (Phi) is 6.92. The molecule has 1 heterocycles. The summed E-state index contributed by atoms with van der Waals surface area (Å²) in [6.07, 6.45) is 10.5. The number of sulfonamides is 1. The molecule has 1 saturated heterocycles. The first-order valence-electron chi connectivity index (χ1n) is 10.0. The Morgan fingerprint density at radius 3 is 2.59 bits per heavy atom. The van der Waals surface area contributed by atoms with E-state index in [2.05, 4.69) is 4.72 Å². The van der Waals surface area contributed by atoms with Crippen molar-refractivity contribution in [3.8, 4) is 0 Å². The van der Waals surface area contributed by atoms with Crippen molar-refractivity contribution in [2.45, 2.75) is 56.6 Å². The van der Waals surface area contributed by atoms with Gasteiger partial charge in [-0.2, -0.15) is 0 Å². The Bertz CT molecular complexity index is 666. The minimum Gasteiger partial charge on any atom is -0.381 e. The zero-order valence-corrected chi connectivity index (χ0v) is 16.6. The molecule has 27 heavy (non-hydrogen) atoms. The number of nitrogens with one attached hydrogen (secondary N) is 1. The maximum absolute atomic E-state index is 11.9. The third kappa shape index (κ3) is 6.31. The van der Waals surface area contributed by atoms with Gasteiger partial charge in [0.2, 0.25) is 21.8 Å². The molecule has 3 fully saturated rings. The van der Waals surface area contributed by atoms with Gasteiger partial charge in [-0.25, -0.2) is 8.42 Å². The number of likely N-dealkylation sites (tertiary alicyclic amines) is 1. The van der Waals surface area contributed by atoms with E-state index < -0.39 is 10.0 Å². The molecule has 2 amide bonds. The highest BCUT2D eigenvalue weighted by molar-refractivity contribution is 7.90. The Hall–Kier alpha value is -1.41. The van der Waals surface area contributed by atoms with Gasteiger partial charge in [0.15, 0.2) is 0 Å². The first kappa shape index (κ1) is 20.3. The number of hydrogen-bond donors (Lipinski definition) is 1. The van der Waals surface area contributed by atoms with Crippen molar-refractivity contribution in [2.24, 2.45) is 11.8 Å². The van der Waals surface area contributed by atoms with Crippen molar-refractivity contribution in [3.05, 3.63) is 12.2 Å². The molecule has 2 atom stereocenters. The standard InChI is InChI=1S/C19H30N2O5S/c22-18(21-10-3-4-11-21)9-13-26-12-5-1-2-6-15-14-17(15)19(23)20-27(24,25)16-7-8-16/h2,6,15-17H,1,3-5,7-14H2,(H,20,23)/b6-2-/t15-,17+/m1/s1. The van der Waals surface area contributed by atoms with Crippen LogP contribution >= 0.6 is 0 Å². The number of carbonyl (C=O) groups is 2. The van der Waals surface area contributed by atoms with Crippen molar-refractivity contribution < 1.29 is 22.7 Å². The van der Waals surface area contributed by atoms with Gasteiger partial charge < -0.3 is 9.64 Å². The van der Waals surface area contributed by atoms with Crippen LogP contribution < -0.4 is 4.72 Å². The average molecular weight is 399 g/mol. The van der Waals surface area contributed by atoms with Gasteiger partial charge in [0.05, 0.1) is 18.3 Å².